The maximum absolute atomic E-state index is 13.3. The van der Waals surface area contributed by atoms with Gasteiger partial charge in [-0.1, -0.05) is 35.9 Å². The first-order chi connectivity index (χ1) is 15.4. The molecule has 0 bridgehead atoms. The van der Waals surface area contributed by atoms with Crippen LogP contribution in [0.3, 0.4) is 0 Å². The fourth-order valence-electron chi connectivity index (χ4n) is 3.77. The number of nitrogens with zero attached hydrogens (tertiary/aromatic N) is 3. The molecule has 1 amide bonds. The molecule has 8 heteroatoms. The van der Waals surface area contributed by atoms with Gasteiger partial charge >= 0.3 is 0 Å². The number of rotatable bonds is 7. The zero-order valence-electron chi connectivity index (χ0n) is 18.1. The number of carbonyl (C=O) groups is 1. The number of anilines is 1. The lowest BCUT2D eigenvalue weighted by Gasteiger charge is -2.36. The summed E-state index contributed by atoms with van der Waals surface area (Å²) in [7, 11) is -3.87. The summed E-state index contributed by atoms with van der Waals surface area (Å²) < 4.78 is 33.2. The minimum absolute atomic E-state index is 0.00106. The summed E-state index contributed by atoms with van der Waals surface area (Å²) >= 11 is 0. The summed E-state index contributed by atoms with van der Waals surface area (Å²) in [6.07, 6.45) is 1.50. The molecule has 0 N–H and O–H groups in total. The molecule has 168 valence electrons. The van der Waals surface area contributed by atoms with E-state index in [1.165, 1.54) is 10.6 Å². The third-order valence-electron chi connectivity index (χ3n) is 5.64. The molecule has 3 aromatic rings. The highest BCUT2D eigenvalue weighted by Gasteiger charge is 2.30. The van der Waals surface area contributed by atoms with Crippen LogP contribution in [0.4, 0.5) is 5.69 Å². The molecule has 0 aliphatic carbocycles. The predicted molar refractivity (Wildman–Crippen MR) is 123 cm³/mol. The van der Waals surface area contributed by atoms with Crippen molar-refractivity contribution in [3.05, 3.63) is 84.3 Å². The van der Waals surface area contributed by atoms with Crippen molar-refractivity contribution in [2.75, 3.05) is 37.6 Å². The van der Waals surface area contributed by atoms with Gasteiger partial charge in [0.1, 0.15) is 5.76 Å². The van der Waals surface area contributed by atoms with E-state index in [-0.39, 0.29) is 23.9 Å². The summed E-state index contributed by atoms with van der Waals surface area (Å²) in [5.41, 5.74) is 2.09. The molecule has 0 radical (unpaired) electrons. The van der Waals surface area contributed by atoms with E-state index in [0.29, 0.717) is 31.9 Å². The van der Waals surface area contributed by atoms with Crippen molar-refractivity contribution >= 4 is 21.6 Å². The highest BCUT2D eigenvalue weighted by Crippen LogP contribution is 2.21. The van der Waals surface area contributed by atoms with Gasteiger partial charge in [-0.2, -0.15) is 4.31 Å². The smallest absolute Gasteiger partial charge is 0.243 e. The third-order valence-corrected chi connectivity index (χ3v) is 7.44. The zero-order valence-corrected chi connectivity index (χ0v) is 18.9. The van der Waals surface area contributed by atoms with E-state index in [1.54, 1.807) is 41.3 Å². The topological polar surface area (TPSA) is 74.1 Å². The number of amides is 1. The van der Waals surface area contributed by atoms with Crippen molar-refractivity contribution in [2.24, 2.45) is 0 Å². The largest absolute Gasteiger partial charge is 0.468 e. The average Bonchev–Trinajstić information content (AvgIpc) is 3.33. The highest BCUT2D eigenvalue weighted by atomic mass is 32.2. The highest BCUT2D eigenvalue weighted by molar-refractivity contribution is 7.89. The van der Waals surface area contributed by atoms with Crippen LogP contribution in [0.1, 0.15) is 11.3 Å². The summed E-state index contributed by atoms with van der Waals surface area (Å²) in [6.45, 7) is 4.17. The third kappa shape index (κ3) is 5.03. The average molecular weight is 454 g/mol. The Bertz CT molecular complexity index is 1120. The van der Waals surface area contributed by atoms with E-state index < -0.39 is 10.0 Å². The molecule has 1 fully saturated rings. The lowest BCUT2D eigenvalue weighted by molar-refractivity contribution is -0.131. The van der Waals surface area contributed by atoms with E-state index >= 15 is 0 Å². The van der Waals surface area contributed by atoms with Crippen LogP contribution in [-0.2, 0) is 21.4 Å². The number of furan rings is 1. The SMILES string of the molecule is Cc1ccc(S(=O)(=O)N(CC(=O)N2CCN(c3ccccc3)CC2)Cc2ccco2)cc1. The van der Waals surface area contributed by atoms with Crippen molar-refractivity contribution in [1.82, 2.24) is 9.21 Å². The van der Waals surface area contributed by atoms with Crippen LogP contribution in [0.2, 0.25) is 0 Å². The molecule has 0 spiro atoms. The normalized spacial score (nSPS) is 14.7. The minimum Gasteiger partial charge on any atom is -0.468 e. The van der Waals surface area contributed by atoms with Gasteiger partial charge in [-0.3, -0.25) is 4.79 Å². The fraction of sp³-hybridized carbons (Fsp3) is 0.292. The predicted octanol–water partition coefficient (Wildman–Crippen LogP) is 3.13. The van der Waals surface area contributed by atoms with Crippen molar-refractivity contribution in [3.63, 3.8) is 0 Å². The van der Waals surface area contributed by atoms with Crippen molar-refractivity contribution in [1.29, 1.82) is 0 Å². The van der Waals surface area contributed by atoms with Crippen LogP contribution in [0.25, 0.3) is 0 Å². The Kier molecular flexibility index (Phi) is 6.62. The number of piperazine rings is 1. The number of carbonyl (C=O) groups excluding carboxylic acids is 1. The molecular weight excluding hydrogens is 426 g/mol. The van der Waals surface area contributed by atoms with Crippen LogP contribution >= 0.6 is 0 Å². The lowest BCUT2D eigenvalue weighted by Crippen LogP contribution is -2.51. The second kappa shape index (κ2) is 9.58. The van der Waals surface area contributed by atoms with Crippen LogP contribution in [0, 0.1) is 6.92 Å². The van der Waals surface area contributed by atoms with E-state index in [1.807, 2.05) is 25.1 Å². The Labute approximate surface area is 188 Å². The molecule has 4 rings (SSSR count). The second-order valence-corrected chi connectivity index (χ2v) is 9.81. The Morgan fingerprint density at radius 3 is 2.25 bits per heavy atom. The van der Waals surface area contributed by atoms with Crippen molar-refractivity contribution in [2.45, 2.75) is 18.4 Å². The zero-order chi connectivity index (χ0) is 22.6. The van der Waals surface area contributed by atoms with Crippen LogP contribution in [0.15, 0.2) is 82.3 Å². The molecule has 1 aliphatic rings. The van der Waals surface area contributed by atoms with Gasteiger partial charge in [0.05, 0.1) is 24.2 Å². The van der Waals surface area contributed by atoms with E-state index in [0.717, 1.165) is 11.3 Å². The number of aryl methyl sites for hydroxylation is 1. The molecule has 7 nitrogen and oxygen atoms in total. The van der Waals surface area contributed by atoms with Gasteiger partial charge in [-0.15, -0.1) is 0 Å². The van der Waals surface area contributed by atoms with E-state index in [9.17, 15) is 13.2 Å². The molecule has 2 heterocycles. The number of benzene rings is 2. The lowest BCUT2D eigenvalue weighted by atomic mass is 10.2. The molecule has 0 atom stereocenters. The van der Waals surface area contributed by atoms with Crippen LogP contribution < -0.4 is 4.90 Å². The maximum atomic E-state index is 13.3. The quantitative estimate of drug-likeness (QED) is 0.550. The number of hydrogen-bond donors (Lipinski definition) is 0. The van der Waals surface area contributed by atoms with E-state index in [2.05, 4.69) is 17.0 Å². The van der Waals surface area contributed by atoms with Crippen molar-refractivity contribution < 1.29 is 17.6 Å². The monoisotopic (exact) mass is 453 g/mol. The summed E-state index contributed by atoms with van der Waals surface area (Å²) in [5, 5.41) is 0. The Balaban J connectivity index is 1.47. The van der Waals surface area contributed by atoms with Gasteiger partial charge in [-0.05, 0) is 43.3 Å². The molecular formula is C24H27N3O4S. The number of para-hydroxylation sites is 1. The first-order valence-electron chi connectivity index (χ1n) is 10.6. The molecule has 1 aromatic heterocycles. The Hall–Kier alpha value is -3.10. The van der Waals surface area contributed by atoms with Crippen LogP contribution in [-0.4, -0.2) is 56.3 Å². The summed E-state index contributed by atoms with van der Waals surface area (Å²) in [4.78, 5) is 17.2. The Morgan fingerprint density at radius 1 is 0.938 bits per heavy atom. The minimum atomic E-state index is -3.87. The number of sulfonamides is 1. The standard InChI is InChI=1S/C24H27N3O4S/c1-20-9-11-23(12-10-20)32(29,30)27(18-22-8-5-17-31-22)19-24(28)26-15-13-25(14-16-26)21-6-3-2-4-7-21/h2-12,17H,13-16,18-19H2,1H3. The molecule has 1 aliphatic heterocycles. The number of hydrogen-bond acceptors (Lipinski definition) is 5. The van der Waals surface area contributed by atoms with Gasteiger partial charge in [0.2, 0.25) is 15.9 Å². The maximum Gasteiger partial charge on any atom is 0.243 e. The Morgan fingerprint density at radius 2 is 1.62 bits per heavy atom. The second-order valence-electron chi connectivity index (χ2n) is 7.87. The van der Waals surface area contributed by atoms with Gasteiger partial charge in [0, 0.05) is 31.9 Å². The molecule has 2 aromatic carbocycles. The van der Waals surface area contributed by atoms with Gasteiger partial charge in [0.15, 0.2) is 0 Å². The van der Waals surface area contributed by atoms with Gasteiger partial charge in [0.25, 0.3) is 0 Å². The van der Waals surface area contributed by atoms with Crippen LogP contribution in [0.5, 0.6) is 0 Å². The van der Waals surface area contributed by atoms with Crippen molar-refractivity contribution in [3.8, 4) is 0 Å². The first kappa shape index (κ1) is 22.1. The summed E-state index contributed by atoms with van der Waals surface area (Å²) in [6, 6.07) is 20.1. The first-order valence-corrected chi connectivity index (χ1v) is 12.0. The van der Waals surface area contributed by atoms with Gasteiger partial charge < -0.3 is 14.2 Å². The fourth-order valence-corrected chi connectivity index (χ4v) is 5.12. The van der Waals surface area contributed by atoms with E-state index in [4.69, 9.17) is 4.42 Å². The molecule has 32 heavy (non-hydrogen) atoms. The van der Waals surface area contributed by atoms with Gasteiger partial charge in [-0.25, -0.2) is 8.42 Å². The molecule has 1 saturated heterocycles. The molecule has 0 saturated carbocycles. The molecule has 0 unspecified atom stereocenters. The summed E-state index contributed by atoms with van der Waals surface area (Å²) in [5.74, 6) is 0.280.